The Kier molecular flexibility index (Phi) is 4.80. The lowest BCUT2D eigenvalue weighted by atomic mass is 10.2. The molecule has 1 aromatic carbocycles. The van der Waals surface area contributed by atoms with Crippen molar-refractivity contribution in [2.75, 3.05) is 6.54 Å². The zero-order valence-electron chi connectivity index (χ0n) is 10.7. The Morgan fingerprint density at radius 3 is 2.72 bits per heavy atom. The van der Waals surface area contributed by atoms with Crippen LogP contribution >= 0.6 is 23.1 Å². The number of aromatic nitrogens is 1. The first-order valence-corrected chi connectivity index (χ1v) is 7.95. The van der Waals surface area contributed by atoms with E-state index in [-0.39, 0.29) is 0 Å². The quantitative estimate of drug-likeness (QED) is 0.906. The molecular formula is C14H18N2S2. The lowest BCUT2D eigenvalue weighted by Crippen LogP contribution is -2.12. The molecular weight excluding hydrogens is 260 g/mol. The molecule has 0 aliphatic heterocycles. The molecule has 0 aliphatic rings. The Morgan fingerprint density at radius 2 is 2.06 bits per heavy atom. The minimum atomic E-state index is 0.495. The van der Waals surface area contributed by atoms with Crippen LogP contribution in [0, 0.1) is 6.92 Å². The monoisotopic (exact) mass is 278 g/mol. The standard InChI is InChI=1S/C14H18N2S2/c1-10-3-5-12(6-4-10)14-16-13(9-18-14)8-17-11(2)7-15/h3-6,9,11H,7-8,15H2,1-2H3. The number of hydrogen-bond acceptors (Lipinski definition) is 4. The predicted octanol–water partition coefficient (Wildman–Crippen LogP) is 3.70. The van der Waals surface area contributed by atoms with Crippen LogP contribution in [0.25, 0.3) is 10.6 Å². The number of thioether (sulfide) groups is 1. The third kappa shape index (κ3) is 3.57. The Morgan fingerprint density at radius 1 is 1.33 bits per heavy atom. The zero-order chi connectivity index (χ0) is 13.0. The van der Waals surface area contributed by atoms with Crippen LogP contribution in [-0.4, -0.2) is 16.8 Å². The number of hydrogen-bond donors (Lipinski definition) is 1. The fraction of sp³-hybridized carbons (Fsp3) is 0.357. The SMILES string of the molecule is Cc1ccc(-c2nc(CSC(C)CN)cs2)cc1. The summed E-state index contributed by atoms with van der Waals surface area (Å²) in [4.78, 5) is 4.67. The molecule has 96 valence electrons. The highest BCUT2D eigenvalue weighted by Gasteiger charge is 2.06. The van der Waals surface area contributed by atoms with E-state index in [1.54, 1.807) is 11.3 Å². The van der Waals surface area contributed by atoms with E-state index in [1.807, 2.05) is 11.8 Å². The molecule has 0 fully saturated rings. The molecule has 4 heteroatoms. The van der Waals surface area contributed by atoms with Crippen LogP contribution < -0.4 is 5.73 Å². The van der Waals surface area contributed by atoms with Crippen molar-refractivity contribution in [1.29, 1.82) is 0 Å². The first-order chi connectivity index (χ1) is 8.69. The lowest BCUT2D eigenvalue weighted by molar-refractivity contribution is 0.949. The van der Waals surface area contributed by atoms with E-state index in [2.05, 4.69) is 48.5 Å². The molecule has 0 amide bonds. The number of aryl methyl sites for hydroxylation is 1. The second-order valence-corrected chi connectivity index (χ2v) is 6.65. The van der Waals surface area contributed by atoms with Gasteiger partial charge in [0.15, 0.2) is 0 Å². The number of thiazole rings is 1. The van der Waals surface area contributed by atoms with Crippen LogP contribution in [-0.2, 0) is 5.75 Å². The summed E-state index contributed by atoms with van der Waals surface area (Å²) in [5.41, 5.74) is 9.24. The molecule has 2 rings (SSSR count). The first kappa shape index (κ1) is 13.6. The van der Waals surface area contributed by atoms with Gasteiger partial charge in [-0.05, 0) is 6.92 Å². The molecule has 0 saturated carbocycles. The second kappa shape index (κ2) is 6.36. The Bertz CT molecular complexity index is 491. The van der Waals surface area contributed by atoms with Crippen LogP contribution in [0.15, 0.2) is 29.6 Å². The molecule has 0 spiro atoms. The fourth-order valence-electron chi connectivity index (χ4n) is 1.50. The van der Waals surface area contributed by atoms with Gasteiger partial charge in [-0.2, -0.15) is 11.8 Å². The molecule has 2 N–H and O–H groups in total. The normalized spacial score (nSPS) is 12.6. The highest BCUT2D eigenvalue weighted by molar-refractivity contribution is 7.99. The van der Waals surface area contributed by atoms with Crippen LogP contribution in [0.3, 0.4) is 0 Å². The minimum Gasteiger partial charge on any atom is -0.329 e. The van der Waals surface area contributed by atoms with Gasteiger partial charge in [-0.25, -0.2) is 4.98 Å². The van der Waals surface area contributed by atoms with Gasteiger partial charge in [0.25, 0.3) is 0 Å². The maximum Gasteiger partial charge on any atom is 0.123 e. The van der Waals surface area contributed by atoms with Crippen LogP contribution in [0.5, 0.6) is 0 Å². The van der Waals surface area contributed by atoms with Gasteiger partial charge in [0, 0.05) is 28.5 Å². The van der Waals surface area contributed by atoms with Gasteiger partial charge < -0.3 is 5.73 Å². The van der Waals surface area contributed by atoms with Crippen molar-refractivity contribution < 1.29 is 0 Å². The number of benzene rings is 1. The largest absolute Gasteiger partial charge is 0.329 e. The van der Waals surface area contributed by atoms with Crippen LogP contribution in [0.2, 0.25) is 0 Å². The molecule has 2 nitrogen and oxygen atoms in total. The second-order valence-electron chi connectivity index (χ2n) is 4.37. The lowest BCUT2D eigenvalue weighted by Gasteiger charge is -2.05. The Labute approximate surface area is 117 Å². The number of nitrogens with two attached hydrogens (primary N) is 1. The van der Waals surface area contributed by atoms with E-state index >= 15 is 0 Å². The summed E-state index contributed by atoms with van der Waals surface area (Å²) in [7, 11) is 0. The maximum atomic E-state index is 5.61. The molecule has 1 heterocycles. The minimum absolute atomic E-state index is 0.495. The average Bonchev–Trinajstić information content (AvgIpc) is 2.85. The van der Waals surface area contributed by atoms with Crippen molar-refractivity contribution >= 4 is 23.1 Å². The van der Waals surface area contributed by atoms with Crippen LogP contribution in [0.4, 0.5) is 0 Å². The highest BCUT2D eigenvalue weighted by Crippen LogP contribution is 2.26. The van der Waals surface area contributed by atoms with E-state index in [4.69, 9.17) is 5.73 Å². The molecule has 0 saturated heterocycles. The fourth-order valence-corrected chi connectivity index (χ4v) is 3.17. The molecule has 18 heavy (non-hydrogen) atoms. The molecule has 1 atom stereocenters. The van der Waals surface area contributed by atoms with Gasteiger partial charge in [-0.1, -0.05) is 36.8 Å². The third-order valence-electron chi connectivity index (χ3n) is 2.70. The summed E-state index contributed by atoms with van der Waals surface area (Å²) in [6.45, 7) is 4.97. The topological polar surface area (TPSA) is 38.9 Å². The summed E-state index contributed by atoms with van der Waals surface area (Å²) < 4.78 is 0. The van der Waals surface area contributed by atoms with E-state index in [0.717, 1.165) is 23.0 Å². The van der Waals surface area contributed by atoms with Gasteiger partial charge >= 0.3 is 0 Å². The van der Waals surface area contributed by atoms with Gasteiger partial charge in [0.1, 0.15) is 5.01 Å². The van der Waals surface area contributed by atoms with Crippen LogP contribution in [0.1, 0.15) is 18.2 Å². The van der Waals surface area contributed by atoms with Gasteiger partial charge in [-0.15, -0.1) is 11.3 Å². The van der Waals surface area contributed by atoms with Gasteiger partial charge in [0.2, 0.25) is 0 Å². The molecule has 2 aromatic rings. The van der Waals surface area contributed by atoms with Crippen molar-refractivity contribution in [3.8, 4) is 10.6 Å². The van der Waals surface area contributed by atoms with E-state index in [9.17, 15) is 0 Å². The smallest absolute Gasteiger partial charge is 0.123 e. The van der Waals surface area contributed by atoms with Crippen molar-refractivity contribution in [3.63, 3.8) is 0 Å². The molecule has 0 aliphatic carbocycles. The van der Waals surface area contributed by atoms with Crippen molar-refractivity contribution in [1.82, 2.24) is 4.98 Å². The van der Waals surface area contributed by atoms with E-state index < -0.39 is 0 Å². The number of rotatable bonds is 5. The zero-order valence-corrected chi connectivity index (χ0v) is 12.4. The average molecular weight is 278 g/mol. The Balaban J connectivity index is 2.03. The highest BCUT2D eigenvalue weighted by atomic mass is 32.2. The van der Waals surface area contributed by atoms with E-state index in [1.165, 1.54) is 11.1 Å². The third-order valence-corrected chi connectivity index (χ3v) is 4.86. The van der Waals surface area contributed by atoms with E-state index in [0.29, 0.717) is 5.25 Å². The summed E-state index contributed by atoms with van der Waals surface area (Å²) >= 11 is 3.57. The van der Waals surface area contributed by atoms with Crippen molar-refractivity contribution in [2.45, 2.75) is 24.9 Å². The van der Waals surface area contributed by atoms with Gasteiger partial charge in [-0.3, -0.25) is 0 Å². The van der Waals surface area contributed by atoms with Gasteiger partial charge in [0.05, 0.1) is 5.69 Å². The predicted molar refractivity (Wildman–Crippen MR) is 82.1 cm³/mol. The maximum absolute atomic E-state index is 5.61. The van der Waals surface area contributed by atoms with Crippen molar-refractivity contribution in [2.24, 2.45) is 5.73 Å². The molecule has 0 radical (unpaired) electrons. The number of nitrogens with zero attached hydrogens (tertiary/aromatic N) is 1. The molecule has 1 unspecified atom stereocenters. The van der Waals surface area contributed by atoms with Crippen molar-refractivity contribution in [3.05, 3.63) is 40.9 Å². The first-order valence-electron chi connectivity index (χ1n) is 6.02. The molecule has 0 bridgehead atoms. The summed E-state index contributed by atoms with van der Waals surface area (Å²) in [5.74, 6) is 0.945. The Hall–Kier alpha value is -0.840. The summed E-state index contributed by atoms with van der Waals surface area (Å²) in [6, 6.07) is 8.52. The summed E-state index contributed by atoms with van der Waals surface area (Å²) in [5, 5.41) is 3.74. The molecule has 1 aromatic heterocycles. The summed E-state index contributed by atoms with van der Waals surface area (Å²) in [6.07, 6.45) is 0.